The number of aryl methyl sites for hydroxylation is 1. The molecule has 0 aliphatic heterocycles. The van der Waals surface area contributed by atoms with Gasteiger partial charge in [-0.1, -0.05) is 6.07 Å². The van der Waals surface area contributed by atoms with E-state index in [2.05, 4.69) is 35.9 Å². The lowest BCUT2D eigenvalue weighted by Crippen LogP contribution is -2.14. The number of anilines is 4. The Morgan fingerprint density at radius 3 is 2.75 bits per heavy atom. The van der Waals surface area contributed by atoms with Gasteiger partial charge in [0.25, 0.3) is 0 Å². The normalized spacial score (nSPS) is 10.8. The number of carbonyl (C=O) groups excluding carboxylic acids is 1. The first-order chi connectivity index (χ1) is 13.4. The number of halogens is 1. The summed E-state index contributed by atoms with van der Waals surface area (Å²) in [5, 5.41) is 9.39. The highest BCUT2D eigenvalue weighted by atomic mass is 32.1. The second kappa shape index (κ2) is 8.70. The van der Waals surface area contributed by atoms with Crippen molar-refractivity contribution in [3.05, 3.63) is 47.0 Å². The molecule has 3 rings (SSSR count). The Bertz CT molecular complexity index is 976. The van der Waals surface area contributed by atoms with E-state index in [0.29, 0.717) is 28.5 Å². The maximum Gasteiger partial charge on any atom is 0.234 e. The molecule has 8 nitrogen and oxygen atoms in total. The molecule has 0 saturated heterocycles. The summed E-state index contributed by atoms with van der Waals surface area (Å²) in [5.74, 6) is 0.783. The summed E-state index contributed by atoms with van der Waals surface area (Å²) in [4.78, 5) is 29.9. The molecule has 3 N–H and O–H groups in total. The lowest BCUT2D eigenvalue weighted by molar-refractivity contribution is -0.115. The average Bonchev–Trinajstić information content (AvgIpc) is 3.00. The summed E-state index contributed by atoms with van der Waals surface area (Å²) >= 11 is 1.32. The van der Waals surface area contributed by atoms with Gasteiger partial charge in [0.1, 0.15) is 11.6 Å². The number of hydrogen-bond donors (Lipinski definition) is 3. The van der Waals surface area contributed by atoms with E-state index >= 15 is 0 Å². The van der Waals surface area contributed by atoms with Crippen LogP contribution in [0, 0.1) is 12.7 Å². The summed E-state index contributed by atoms with van der Waals surface area (Å²) in [6.45, 7) is 5.77. The number of aromatic nitrogens is 4. The minimum absolute atomic E-state index is 0.131. The van der Waals surface area contributed by atoms with Gasteiger partial charge in [0.2, 0.25) is 17.8 Å². The van der Waals surface area contributed by atoms with Gasteiger partial charge in [-0.05, 0) is 39.0 Å². The third kappa shape index (κ3) is 5.68. The van der Waals surface area contributed by atoms with E-state index in [1.54, 1.807) is 25.3 Å². The van der Waals surface area contributed by atoms with Crippen molar-refractivity contribution in [1.82, 2.24) is 19.9 Å². The second-order valence-corrected chi connectivity index (χ2v) is 7.44. The molecule has 0 spiro atoms. The van der Waals surface area contributed by atoms with E-state index in [9.17, 15) is 9.18 Å². The summed E-state index contributed by atoms with van der Waals surface area (Å²) in [5.41, 5.74) is 0.415. The largest absolute Gasteiger partial charge is 0.352 e. The van der Waals surface area contributed by atoms with Crippen molar-refractivity contribution < 1.29 is 9.18 Å². The smallest absolute Gasteiger partial charge is 0.234 e. The highest BCUT2D eigenvalue weighted by Gasteiger charge is 2.11. The minimum Gasteiger partial charge on any atom is -0.352 e. The van der Waals surface area contributed by atoms with Gasteiger partial charge in [0.15, 0.2) is 5.13 Å². The second-order valence-electron chi connectivity index (χ2n) is 6.32. The molecule has 0 fully saturated rings. The fraction of sp³-hybridized carbons (Fsp3) is 0.278. The number of hydrogen-bond acceptors (Lipinski definition) is 8. The Hall–Kier alpha value is -3.14. The first-order valence-electron chi connectivity index (χ1n) is 8.64. The Morgan fingerprint density at radius 1 is 1.21 bits per heavy atom. The molecule has 0 aliphatic carbocycles. The van der Waals surface area contributed by atoms with Gasteiger partial charge >= 0.3 is 0 Å². The summed E-state index contributed by atoms with van der Waals surface area (Å²) in [6.07, 6.45) is 1.74. The molecule has 146 valence electrons. The molecule has 10 heteroatoms. The number of carbonyl (C=O) groups is 1. The number of benzene rings is 1. The molecular formula is C18H20FN7OS. The Labute approximate surface area is 165 Å². The molecule has 0 aliphatic rings. The van der Waals surface area contributed by atoms with Crippen molar-refractivity contribution in [2.24, 2.45) is 0 Å². The van der Waals surface area contributed by atoms with Crippen LogP contribution in [0.2, 0.25) is 0 Å². The molecule has 0 radical (unpaired) electrons. The van der Waals surface area contributed by atoms with Crippen molar-refractivity contribution >= 4 is 40.0 Å². The van der Waals surface area contributed by atoms with Crippen LogP contribution in [0.25, 0.3) is 0 Å². The van der Waals surface area contributed by atoms with E-state index in [1.807, 2.05) is 13.8 Å². The van der Waals surface area contributed by atoms with Gasteiger partial charge in [-0.25, -0.2) is 9.37 Å². The zero-order valence-corrected chi connectivity index (χ0v) is 16.5. The fourth-order valence-corrected chi connectivity index (χ4v) is 3.14. The van der Waals surface area contributed by atoms with Gasteiger partial charge in [0, 0.05) is 22.8 Å². The Balaban J connectivity index is 1.62. The van der Waals surface area contributed by atoms with Crippen LogP contribution in [-0.2, 0) is 11.2 Å². The molecule has 28 heavy (non-hydrogen) atoms. The van der Waals surface area contributed by atoms with Crippen LogP contribution in [0.5, 0.6) is 0 Å². The lowest BCUT2D eigenvalue weighted by Gasteiger charge is -2.09. The molecule has 3 aromatic rings. The van der Waals surface area contributed by atoms with Crippen LogP contribution >= 0.6 is 11.3 Å². The highest BCUT2D eigenvalue weighted by molar-refractivity contribution is 7.15. The van der Waals surface area contributed by atoms with Gasteiger partial charge < -0.3 is 10.6 Å². The van der Waals surface area contributed by atoms with Crippen LogP contribution in [0.3, 0.4) is 0 Å². The van der Waals surface area contributed by atoms with Gasteiger partial charge in [-0.15, -0.1) is 11.3 Å². The van der Waals surface area contributed by atoms with E-state index in [1.165, 1.54) is 23.5 Å². The monoisotopic (exact) mass is 401 g/mol. The van der Waals surface area contributed by atoms with Crippen LogP contribution in [0.15, 0.2) is 30.5 Å². The molecule has 1 aromatic carbocycles. The average molecular weight is 401 g/mol. The topological polar surface area (TPSA) is 105 Å². The third-order valence-electron chi connectivity index (χ3n) is 3.38. The number of nitrogens with zero attached hydrogens (tertiary/aromatic N) is 4. The van der Waals surface area contributed by atoms with E-state index < -0.39 is 5.82 Å². The number of amides is 1. The molecule has 0 saturated carbocycles. The van der Waals surface area contributed by atoms with Gasteiger partial charge in [-0.3, -0.25) is 10.1 Å². The number of thiazole rings is 1. The van der Waals surface area contributed by atoms with E-state index in [-0.39, 0.29) is 18.4 Å². The van der Waals surface area contributed by atoms with E-state index in [0.717, 1.165) is 4.88 Å². The first-order valence-corrected chi connectivity index (χ1v) is 9.45. The third-order valence-corrected chi connectivity index (χ3v) is 4.29. The SMILES string of the molecule is Cc1nc(Nc2ncc(CC(=O)Nc3cccc(F)c3)s2)nc(NC(C)C)n1. The molecule has 0 bridgehead atoms. The van der Waals surface area contributed by atoms with Crippen molar-refractivity contribution in [2.45, 2.75) is 33.2 Å². The first kappa shape index (κ1) is 19.6. The fourth-order valence-electron chi connectivity index (χ4n) is 2.33. The standard InChI is InChI=1S/C18H20FN7OS/c1-10(2)21-16-22-11(3)23-17(25-16)26-18-20-9-14(28-18)8-15(27)24-13-6-4-5-12(19)7-13/h4-7,9-10H,8H2,1-3H3,(H,24,27)(H2,20,21,22,23,25,26). The van der Waals surface area contributed by atoms with Gasteiger partial charge in [-0.2, -0.15) is 15.0 Å². The lowest BCUT2D eigenvalue weighted by atomic mass is 10.3. The van der Waals surface area contributed by atoms with E-state index in [4.69, 9.17) is 0 Å². The van der Waals surface area contributed by atoms with Crippen molar-refractivity contribution in [2.75, 3.05) is 16.0 Å². The van der Waals surface area contributed by atoms with Crippen molar-refractivity contribution in [3.63, 3.8) is 0 Å². The molecule has 2 heterocycles. The zero-order chi connectivity index (χ0) is 20.1. The number of nitrogens with one attached hydrogen (secondary N) is 3. The van der Waals surface area contributed by atoms with Crippen molar-refractivity contribution in [1.29, 1.82) is 0 Å². The predicted molar refractivity (Wildman–Crippen MR) is 107 cm³/mol. The summed E-state index contributed by atoms with van der Waals surface area (Å²) in [7, 11) is 0. The Morgan fingerprint density at radius 2 is 2.00 bits per heavy atom. The van der Waals surface area contributed by atoms with Crippen LogP contribution in [0.1, 0.15) is 24.5 Å². The van der Waals surface area contributed by atoms with Crippen LogP contribution in [-0.4, -0.2) is 31.9 Å². The maximum atomic E-state index is 13.2. The zero-order valence-electron chi connectivity index (χ0n) is 15.7. The maximum absolute atomic E-state index is 13.2. The summed E-state index contributed by atoms with van der Waals surface area (Å²) < 4.78 is 13.2. The molecular weight excluding hydrogens is 381 g/mol. The minimum atomic E-state index is -0.402. The van der Waals surface area contributed by atoms with Crippen LogP contribution < -0.4 is 16.0 Å². The number of rotatable bonds is 7. The van der Waals surface area contributed by atoms with Gasteiger partial charge in [0.05, 0.1) is 6.42 Å². The molecule has 2 aromatic heterocycles. The predicted octanol–water partition coefficient (Wildman–Crippen LogP) is 3.52. The Kier molecular flexibility index (Phi) is 6.09. The van der Waals surface area contributed by atoms with Crippen LogP contribution in [0.4, 0.5) is 27.1 Å². The quantitative estimate of drug-likeness (QED) is 0.556. The molecule has 0 unspecified atom stereocenters. The highest BCUT2D eigenvalue weighted by Crippen LogP contribution is 2.22. The van der Waals surface area contributed by atoms with Crippen molar-refractivity contribution in [3.8, 4) is 0 Å². The molecule has 0 atom stereocenters. The summed E-state index contributed by atoms with van der Waals surface area (Å²) in [6, 6.07) is 5.95. The molecule has 1 amide bonds.